The van der Waals surface area contributed by atoms with Crippen molar-refractivity contribution in [1.29, 1.82) is 0 Å². The molecule has 0 spiro atoms. The summed E-state index contributed by atoms with van der Waals surface area (Å²) in [5.74, 6) is 0.388. The zero-order chi connectivity index (χ0) is 20.8. The van der Waals surface area contributed by atoms with E-state index >= 15 is 0 Å². The van der Waals surface area contributed by atoms with Gasteiger partial charge in [-0.05, 0) is 46.3 Å². The standard InChI is InChI=1S/C21H21BrN2O5/c1-24(13-20(26)23-16-5-3-2-4-15(16)22)21(27)9-7-17(25)14-6-8-18-19(12-14)29-11-10-28-18/h2-6,8,12H,7,9-11,13H2,1H3,(H,23,26). The Morgan fingerprint density at radius 1 is 1.03 bits per heavy atom. The fraction of sp³-hybridized carbons (Fsp3) is 0.286. The lowest BCUT2D eigenvalue weighted by molar-refractivity contribution is -0.133. The highest BCUT2D eigenvalue weighted by atomic mass is 79.9. The van der Waals surface area contributed by atoms with Crippen molar-refractivity contribution >= 4 is 39.2 Å². The maximum absolute atomic E-state index is 12.4. The second-order valence-electron chi connectivity index (χ2n) is 6.56. The Hall–Kier alpha value is -2.87. The molecule has 0 radical (unpaired) electrons. The molecule has 29 heavy (non-hydrogen) atoms. The molecule has 2 amide bonds. The molecule has 152 valence electrons. The van der Waals surface area contributed by atoms with Crippen LogP contribution in [0.4, 0.5) is 5.69 Å². The van der Waals surface area contributed by atoms with Crippen LogP contribution in [0.1, 0.15) is 23.2 Å². The summed E-state index contributed by atoms with van der Waals surface area (Å²) in [5, 5.41) is 2.74. The van der Waals surface area contributed by atoms with Crippen LogP contribution in [0.2, 0.25) is 0 Å². The molecular formula is C21H21BrN2O5. The molecule has 3 rings (SSSR count). The van der Waals surface area contributed by atoms with Gasteiger partial charge in [0.1, 0.15) is 13.2 Å². The highest BCUT2D eigenvalue weighted by Crippen LogP contribution is 2.31. The number of amides is 2. The van der Waals surface area contributed by atoms with Crippen LogP contribution in [-0.4, -0.2) is 49.3 Å². The SMILES string of the molecule is CN(CC(=O)Nc1ccccc1Br)C(=O)CCC(=O)c1ccc2c(c1)OCCO2. The highest BCUT2D eigenvalue weighted by molar-refractivity contribution is 9.10. The Kier molecular flexibility index (Phi) is 6.87. The first-order valence-electron chi connectivity index (χ1n) is 9.15. The Balaban J connectivity index is 1.49. The maximum Gasteiger partial charge on any atom is 0.244 e. The van der Waals surface area contributed by atoms with Crippen LogP contribution in [0.3, 0.4) is 0 Å². The van der Waals surface area contributed by atoms with Crippen molar-refractivity contribution in [3.05, 3.63) is 52.5 Å². The number of rotatable bonds is 7. The van der Waals surface area contributed by atoms with E-state index in [0.717, 1.165) is 4.47 Å². The zero-order valence-electron chi connectivity index (χ0n) is 15.9. The molecule has 1 heterocycles. The lowest BCUT2D eigenvalue weighted by atomic mass is 10.1. The van der Waals surface area contributed by atoms with E-state index in [2.05, 4.69) is 21.2 Å². The minimum Gasteiger partial charge on any atom is -0.486 e. The van der Waals surface area contributed by atoms with Gasteiger partial charge >= 0.3 is 0 Å². The number of Topliss-reactive ketones (excluding diaryl/α,β-unsaturated/α-hetero) is 1. The van der Waals surface area contributed by atoms with Crippen molar-refractivity contribution in [2.24, 2.45) is 0 Å². The number of anilines is 1. The van der Waals surface area contributed by atoms with Crippen LogP contribution in [0.25, 0.3) is 0 Å². The predicted molar refractivity (Wildman–Crippen MR) is 111 cm³/mol. The van der Waals surface area contributed by atoms with E-state index in [0.29, 0.717) is 36.0 Å². The number of nitrogens with one attached hydrogen (secondary N) is 1. The molecule has 2 aromatic carbocycles. The third-order valence-electron chi connectivity index (χ3n) is 4.38. The van der Waals surface area contributed by atoms with Crippen molar-refractivity contribution in [3.8, 4) is 11.5 Å². The van der Waals surface area contributed by atoms with Crippen LogP contribution in [0.5, 0.6) is 11.5 Å². The van der Waals surface area contributed by atoms with Crippen molar-refractivity contribution in [2.45, 2.75) is 12.8 Å². The van der Waals surface area contributed by atoms with E-state index in [-0.39, 0.29) is 37.0 Å². The van der Waals surface area contributed by atoms with Crippen LogP contribution in [0, 0.1) is 0 Å². The molecule has 1 aliphatic rings. The maximum atomic E-state index is 12.4. The molecule has 0 saturated heterocycles. The minimum atomic E-state index is -0.314. The van der Waals surface area contributed by atoms with Crippen LogP contribution < -0.4 is 14.8 Å². The number of hydrogen-bond donors (Lipinski definition) is 1. The lowest BCUT2D eigenvalue weighted by Crippen LogP contribution is -2.35. The Morgan fingerprint density at radius 2 is 1.76 bits per heavy atom. The average Bonchev–Trinajstić information content (AvgIpc) is 2.73. The normalized spacial score (nSPS) is 12.2. The fourth-order valence-electron chi connectivity index (χ4n) is 2.83. The van der Waals surface area contributed by atoms with E-state index in [1.165, 1.54) is 11.9 Å². The van der Waals surface area contributed by atoms with Crippen LogP contribution >= 0.6 is 15.9 Å². The Morgan fingerprint density at radius 3 is 2.52 bits per heavy atom. The summed E-state index contributed by atoms with van der Waals surface area (Å²) in [4.78, 5) is 38.2. The number of ketones is 1. The largest absolute Gasteiger partial charge is 0.486 e. The third kappa shape index (κ3) is 5.57. The third-order valence-corrected chi connectivity index (χ3v) is 5.08. The van der Waals surface area contributed by atoms with Gasteiger partial charge in [0.05, 0.1) is 12.2 Å². The van der Waals surface area contributed by atoms with Gasteiger partial charge in [0.2, 0.25) is 11.8 Å². The van der Waals surface area contributed by atoms with Crippen molar-refractivity contribution in [2.75, 3.05) is 32.1 Å². The zero-order valence-corrected chi connectivity index (χ0v) is 17.5. The van der Waals surface area contributed by atoms with Gasteiger partial charge in [-0.15, -0.1) is 0 Å². The summed E-state index contributed by atoms with van der Waals surface area (Å²) in [5.41, 5.74) is 1.10. The van der Waals surface area contributed by atoms with Crippen molar-refractivity contribution in [1.82, 2.24) is 4.90 Å². The molecule has 0 unspecified atom stereocenters. The van der Waals surface area contributed by atoms with E-state index in [1.54, 1.807) is 30.3 Å². The summed E-state index contributed by atoms with van der Waals surface area (Å²) >= 11 is 3.36. The number of halogens is 1. The first-order valence-corrected chi connectivity index (χ1v) is 9.94. The summed E-state index contributed by atoms with van der Waals surface area (Å²) in [6, 6.07) is 12.2. The molecule has 1 aliphatic heterocycles. The number of ether oxygens (including phenoxy) is 2. The van der Waals surface area contributed by atoms with E-state index in [4.69, 9.17) is 9.47 Å². The Labute approximate surface area is 177 Å². The molecule has 0 aromatic heterocycles. The molecule has 0 bridgehead atoms. The van der Waals surface area contributed by atoms with Gasteiger partial charge in [-0.3, -0.25) is 14.4 Å². The van der Waals surface area contributed by atoms with E-state index in [1.807, 2.05) is 12.1 Å². The van der Waals surface area contributed by atoms with E-state index < -0.39 is 0 Å². The van der Waals surface area contributed by atoms with Gasteiger partial charge in [-0.1, -0.05) is 12.1 Å². The van der Waals surface area contributed by atoms with Gasteiger partial charge in [0, 0.05) is 29.9 Å². The molecule has 0 fully saturated rings. The van der Waals surface area contributed by atoms with Gasteiger partial charge in [-0.2, -0.15) is 0 Å². The topological polar surface area (TPSA) is 84.9 Å². The monoisotopic (exact) mass is 460 g/mol. The van der Waals surface area contributed by atoms with Gasteiger partial charge < -0.3 is 19.7 Å². The summed E-state index contributed by atoms with van der Waals surface area (Å²) in [6.07, 6.45) is 0.0702. The molecule has 1 N–H and O–H groups in total. The second-order valence-corrected chi connectivity index (χ2v) is 7.41. The molecule has 2 aromatic rings. The smallest absolute Gasteiger partial charge is 0.244 e. The number of nitrogens with zero attached hydrogens (tertiary/aromatic N) is 1. The number of para-hydroxylation sites is 1. The van der Waals surface area contributed by atoms with Gasteiger partial charge in [0.25, 0.3) is 0 Å². The van der Waals surface area contributed by atoms with Crippen LogP contribution in [-0.2, 0) is 9.59 Å². The van der Waals surface area contributed by atoms with Crippen molar-refractivity contribution < 1.29 is 23.9 Å². The van der Waals surface area contributed by atoms with Crippen molar-refractivity contribution in [3.63, 3.8) is 0 Å². The van der Waals surface area contributed by atoms with Gasteiger partial charge in [-0.25, -0.2) is 0 Å². The summed E-state index contributed by atoms with van der Waals surface area (Å²) in [7, 11) is 1.54. The summed E-state index contributed by atoms with van der Waals surface area (Å²) in [6.45, 7) is 0.823. The van der Waals surface area contributed by atoms with E-state index in [9.17, 15) is 14.4 Å². The molecular weight excluding hydrogens is 440 g/mol. The quantitative estimate of drug-likeness (QED) is 0.640. The highest BCUT2D eigenvalue weighted by Gasteiger charge is 2.18. The predicted octanol–water partition coefficient (Wildman–Crippen LogP) is 3.28. The number of benzene rings is 2. The average molecular weight is 461 g/mol. The Bertz CT molecular complexity index is 931. The first-order chi connectivity index (χ1) is 13.9. The molecule has 0 aliphatic carbocycles. The lowest BCUT2D eigenvalue weighted by Gasteiger charge is -2.19. The van der Waals surface area contributed by atoms with Gasteiger partial charge in [0.15, 0.2) is 17.3 Å². The molecule has 0 saturated carbocycles. The first kappa shape index (κ1) is 20.9. The number of hydrogen-bond acceptors (Lipinski definition) is 5. The minimum absolute atomic E-state index is 0.0199. The molecule has 7 nitrogen and oxygen atoms in total. The summed E-state index contributed by atoms with van der Waals surface area (Å²) < 4.78 is 11.7. The molecule has 8 heteroatoms. The number of likely N-dealkylation sites (N-methyl/N-ethyl adjacent to an activating group) is 1. The second kappa shape index (κ2) is 9.56. The van der Waals surface area contributed by atoms with Crippen LogP contribution in [0.15, 0.2) is 46.9 Å². The molecule has 0 atom stereocenters. The number of fused-ring (bicyclic) bond motifs is 1. The fourth-order valence-corrected chi connectivity index (χ4v) is 3.21. The number of carbonyl (C=O) groups excluding carboxylic acids is 3. The number of carbonyl (C=O) groups is 3.